The Kier molecular flexibility index (Phi) is 3.40. The van der Waals surface area contributed by atoms with Crippen molar-refractivity contribution in [2.45, 2.75) is 11.5 Å². The summed E-state index contributed by atoms with van der Waals surface area (Å²) in [6, 6.07) is 4.99. The van der Waals surface area contributed by atoms with E-state index in [1.165, 1.54) is 0 Å². The number of hydrogen-bond donors (Lipinski definition) is 1. The van der Waals surface area contributed by atoms with Crippen LogP contribution in [0.2, 0.25) is 5.02 Å². The molecule has 1 aromatic carbocycles. The van der Waals surface area contributed by atoms with Crippen LogP contribution in [0.25, 0.3) is 0 Å². The van der Waals surface area contributed by atoms with Crippen molar-refractivity contribution >= 4 is 22.8 Å². The van der Waals surface area contributed by atoms with E-state index in [-0.39, 0.29) is 6.61 Å². The predicted molar refractivity (Wildman–Crippen MR) is 49.7 cm³/mol. The summed E-state index contributed by atoms with van der Waals surface area (Å²) >= 11 is 4.72. The number of benzene rings is 1. The normalized spacial score (nSPS) is 13.0. The molecule has 1 N–H and O–H groups in total. The first-order valence-corrected chi connectivity index (χ1v) is 5.31. The molecule has 0 aliphatic carbocycles. The first-order chi connectivity index (χ1) is 5.65. The summed E-state index contributed by atoms with van der Waals surface area (Å²) in [5.74, 6) is 0. The highest BCUT2D eigenvalue weighted by atomic mass is 35.5. The highest BCUT2D eigenvalue weighted by Crippen LogP contribution is 2.20. The second-order valence-corrected chi connectivity index (χ2v) is 4.15. The van der Waals surface area contributed by atoms with E-state index in [1.807, 2.05) is 0 Å². The van der Waals surface area contributed by atoms with Crippen LogP contribution in [-0.2, 0) is 17.8 Å². The van der Waals surface area contributed by atoms with Gasteiger partial charge in [0, 0.05) is 16.7 Å². The molecule has 1 atom stereocenters. The molecule has 0 radical (unpaired) electrons. The molecular formula is C8H9ClO2S. The van der Waals surface area contributed by atoms with Crippen molar-refractivity contribution in [3.63, 3.8) is 0 Å². The van der Waals surface area contributed by atoms with Gasteiger partial charge in [0.15, 0.2) is 4.90 Å². The molecule has 2 nitrogen and oxygen atoms in total. The lowest BCUT2D eigenvalue weighted by Crippen LogP contribution is -1.98. The summed E-state index contributed by atoms with van der Waals surface area (Å²) in [6.45, 7) is -0.121. The fraction of sp³-hybridized carbons (Fsp3) is 0.250. The summed E-state index contributed by atoms with van der Waals surface area (Å²) in [7, 11) is 0. The smallest absolute Gasteiger partial charge is 0.152 e. The third-order valence-corrected chi connectivity index (χ3v) is 2.81. The highest BCUT2D eigenvalue weighted by Gasteiger charge is 2.07. The Morgan fingerprint density at radius 1 is 1.58 bits per heavy atom. The van der Waals surface area contributed by atoms with E-state index in [9.17, 15) is 4.55 Å². The van der Waals surface area contributed by atoms with Crippen molar-refractivity contribution in [3.8, 4) is 0 Å². The molecule has 12 heavy (non-hydrogen) atoms. The van der Waals surface area contributed by atoms with Crippen LogP contribution < -0.4 is 0 Å². The minimum Gasteiger partial charge on any atom is -0.612 e. The summed E-state index contributed by atoms with van der Waals surface area (Å²) in [5.41, 5.74) is 0.615. The second-order valence-electron chi connectivity index (χ2n) is 2.37. The molecule has 0 amide bonds. The monoisotopic (exact) mass is 204 g/mol. The van der Waals surface area contributed by atoms with Gasteiger partial charge in [-0.15, -0.1) is 0 Å². The number of aliphatic hydroxyl groups is 1. The third-order valence-electron chi connectivity index (χ3n) is 1.52. The topological polar surface area (TPSA) is 43.3 Å². The summed E-state index contributed by atoms with van der Waals surface area (Å²) in [5, 5.41) is 9.35. The largest absolute Gasteiger partial charge is 0.612 e. The Bertz CT molecular complexity index is 276. The molecule has 1 unspecified atom stereocenters. The van der Waals surface area contributed by atoms with Gasteiger partial charge in [0.1, 0.15) is 6.26 Å². The van der Waals surface area contributed by atoms with E-state index in [4.69, 9.17) is 16.7 Å². The SMILES string of the molecule is C[S+]([O-])c1ccc(Cl)c(CO)c1. The maximum absolute atomic E-state index is 11.0. The maximum Gasteiger partial charge on any atom is 0.152 e. The molecule has 0 fully saturated rings. The average molecular weight is 205 g/mol. The standard InChI is InChI=1S/C8H9ClO2S/c1-12(11)7-2-3-8(9)6(4-7)5-10/h2-4,10H,5H2,1H3. The first-order valence-electron chi connectivity index (χ1n) is 3.38. The Morgan fingerprint density at radius 3 is 2.75 bits per heavy atom. The van der Waals surface area contributed by atoms with Crippen LogP contribution in [0, 0.1) is 0 Å². The van der Waals surface area contributed by atoms with Gasteiger partial charge in [-0.1, -0.05) is 11.6 Å². The van der Waals surface area contributed by atoms with Gasteiger partial charge in [-0.05, 0) is 23.3 Å². The number of aliphatic hydroxyl groups excluding tert-OH is 1. The summed E-state index contributed by atoms with van der Waals surface area (Å²) in [4.78, 5) is 0.684. The van der Waals surface area contributed by atoms with E-state index in [0.29, 0.717) is 15.5 Å². The second kappa shape index (κ2) is 4.14. The van der Waals surface area contributed by atoms with Gasteiger partial charge >= 0.3 is 0 Å². The lowest BCUT2D eigenvalue weighted by molar-refractivity contribution is 0.281. The van der Waals surface area contributed by atoms with Gasteiger partial charge in [-0.25, -0.2) is 0 Å². The lowest BCUT2D eigenvalue weighted by atomic mass is 10.2. The third kappa shape index (κ3) is 2.14. The molecule has 0 aromatic heterocycles. The van der Waals surface area contributed by atoms with E-state index in [0.717, 1.165) is 0 Å². The van der Waals surface area contributed by atoms with Gasteiger partial charge in [0.05, 0.1) is 6.61 Å². The molecule has 0 bridgehead atoms. The van der Waals surface area contributed by atoms with Crippen LogP contribution in [0.3, 0.4) is 0 Å². The Morgan fingerprint density at radius 2 is 2.25 bits per heavy atom. The van der Waals surface area contributed by atoms with Crippen molar-refractivity contribution in [1.82, 2.24) is 0 Å². The molecule has 0 heterocycles. The Hall–Kier alpha value is -0.220. The van der Waals surface area contributed by atoms with E-state index in [2.05, 4.69) is 0 Å². The fourth-order valence-electron chi connectivity index (χ4n) is 0.851. The van der Waals surface area contributed by atoms with E-state index >= 15 is 0 Å². The van der Waals surface area contributed by atoms with E-state index in [1.54, 1.807) is 24.5 Å². The van der Waals surface area contributed by atoms with Crippen LogP contribution in [0.1, 0.15) is 5.56 Å². The van der Waals surface area contributed by atoms with Crippen molar-refractivity contribution in [2.75, 3.05) is 6.26 Å². The molecule has 0 saturated heterocycles. The van der Waals surface area contributed by atoms with Gasteiger partial charge in [-0.2, -0.15) is 0 Å². The zero-order valence-corrected chi connectivity index (χ0v) is 8.15. The van der Waals surface area contributed by atoms with Gasteiger partial charge in [-0.3, -0.25) is 0 Å². The quantitative estimate of drug-likeness (QED) is 0.744. The number of halogens is 1. The molecule has 0 saturated carbocycles. The molecule has 4 heteroatoms. The van der Waals surface area contributed by atoms with E-state index < -0.39 is 11.2 Å². The zero-order chi connectivity index (χ0) is 9.14. The van der Waals surface area contributed by atoms with Crippen LogP contribution in [0.5, 0.6) is 0 Å². The first kappa shape index (κ1) is 9.86. The molecule has 0 aliphatic heterocycles. The summed E-state index contributed by atoms with van der Waals surface area (Å²) < 4.78 is 11.0. The van der Waals surface area contributed by atoms with Crippen LogP contribution in [-0.4, -0.2) is 15.9 Å². The Balaban J connectivity index is 3.05. The molecule has 1 aromatic rings. The van der Waals surface area contributed by atoms with Crippen molar-refractivity contribution < 1.29 is 9.66 Å². The summed E-state index contributed by atoms with van der Waals surface area (Å²) in [6.07, 6.45) is 1.59. The van der Waals surface area contributed by atoms with Crippen molar-refractivity contribution in [2.24, 2.45) is 0 Å². The predicted octanol–water partition coefficient (Wildman–Crippen LogP) is 1.57. The average Bonchev–Trinajstić information content (AvgIpc) is 2.05. The van der Waals surface area contributed by atoms with Gasteiger partial charge in [0.2, 0.25) is 0 Å². The minimum absolute atomic E-state index is 0.121. The molecule has 1 rings (SSSR count). The zero-order valence-electron chi connectivity index (χ0n) is 6.58. The lowest BCUT2D eigenvalue weighted by Gasteiger charge is -2.06. The van der Waals surface area contributed by atoms with Gasteiger partial charge < -0.3 is 9.66 Å². The Labute approximate surface area is 79.4 Å². The van der Waals surface area contributed by atoms with Crippen LogP contribution in [0.4, 0.5) is 0 Å². The molecule has 0 spiro atoms. The van der Waals surface area contributed by atoms with Crippen LogP contribution >= 0.6 is 11.6 Å². The minimum atomic E-state index is -1.02. The van der Waals surface area contributed by atoms with Crippen molar-refractivity contribution in [1.29, 1.82) is 0 Å². The molecule has 0 aliphatic rings. The number of rotatable bonds is 2. The van der Waals surface area contributed by atoms with Crippen LogP contribution in [0.15, 0.2) is 23.1 Å². The highest BCUT2D eigenvalue weighted by molar-refractivity contribution is 7.90. The maximum atomic E-state index is 11.0. The fourth-order valence-corrected chi connectivity index (χ4v) is 1.60. The molecule has 66 valence electrons. The van der Waals surface area contributed by atoms with Crippen molar-refractivity contribution in [3.05, 3.63) is 28.8 Å². The number of hydrogen-bond acceptors (Lipinski definition) is 2. The molecular weight excluding hydrogens is 196 g/mol. The van der Waals surface area contributed by atoms with Gasteiger partial charge in [0.25, 0.3) is 0 Å².